The summed E-state index contributed by atoms with van der Waals surface area (Å²) in [5.74, 6) is 2.77. The minimum atomic E-state index is 0.343. The summed E-state index contributed by atoms with van der Waals surface area (Å²) in [6.45, 7) is 7.88. The third-order valence-corrected chi connectivity index (χ3v) is 4.29. The molecule has 1 aromatic carbocycles. The second kappa shape index (κ2) is 12.1. The monoisotopic (exact) mass is 388 g/mol. The number of benzene rings is 1. The van der Waals surface area contributed by atoms with Gasteiger partial charge in [-0.3, -0.25) is 0 Å². The van der Waals surface area contributed by atoms with Crippen LogP contribution in [0.5, 0.6) is 0 Å². The van der Waals surface area contributed by atoms with Gasteiger partial charge >= 0.3 is 0 Å². The van der Waals surface area contributed by atoms with Crippen molar-refractivity contribution in [2.45, 2.75) is 27.0 Å². The first kappa shape index (κ1) is 21.8. The molecule has 1 atom stereocenters. The van der Waals surface area contributed by atoms with Crippen molar-refractivity contribution in [3.05, 3.63) is 47.5 Å². The van der Waals surface area contributed by atoms with E-state index in [4.69, 9.17) is 9.47 Å². The third kappa shape index (κ3) is 7.66. The first-order chi connectivity index (χ1) is 13.6. The fourth-order valence-electron chi connectivity index (χ4n) is 2.47. The molecule has 1 aromatic heterocycles. The van der Waals surface area contributed by atoms with E-state index in [1.165, 1.54) is 5.56 Å². The molecule has 0 radical (unpaired) electrons. The van der Waals surface area contributed by atoms with Crippen LogP contribution in [0.25, 0.3) is 0 Å². The van der Waals surface area contributed by atoms with Gasteiger partial charge in [0.05, 0.1) is 19.8 Å². The van der Waals surface area contributed by atoms with E-state index in [0.29, 0.717) is 38.8 Å². The summed E-state index contributed by atoms with van der Waals surface area (Å²) in [5, 5.41) is 14.9. The van der Waals surface area contributed by atoms with E-state index < -0.39 is 0 Å². The van der Waals surface area contributed by atoms with Crippen LogP contribution in [0.2, 0.25) is 0 Å². The van der Waals surface area contributed by atoms with Crippen LogP contribution in [0.3, 0.4) is 0 Å². The number of aliphatic imine (C=N–C) groups is 1. The maximum absolute atomic E-state index is 5.82. The fraction of sp³-hybridized carbons (Fsp3) is 0.550. The maximum Gasteiger partial charge on any atom is 0.191 e. The summed E-state index contributed by atoms with van der Waals surface area (Å²) < 4.78 is 12.9. The Hall–Kier alpha value is -2.45. The molecule has 2 aromatic rings. The predicted octanol–water partition coefficient (Wildman–Crippen LogP) is 1.66. The molecule has 154 valence electrons. The highest BCUT2D eigenvalue weighted by Crippen LogP contribution is 2.03. The normalized spacial score (nSPS) is 12.8. The molecule has 0 fully saturated rings. The van der Waals surface area contributed by atoms with E-state index in [1.807, 2.05) is 36.7 Å². The first-order valence-electron chi connectivity index (χ1n) is 9.57. The molecule has 8 heteroatoms. The standard InChI is InChI=1S/C20H32N6O2/c1-16(14-28-15-18-8-6-5-7-9-18)12-22-20(21-10-11-27-4)23-13-19-25-24-17(2)26(19)3/h5-9,16H,10-15H2,1-4H3,(H2,21,22,23). The summed E-state index contributed by atoms with van der Waals surface area (Å²) in [6.07, 6.45) is 0. The van der Waals surface area contributed by atoms with E-state index in [0.717, 1.165) is 24.2 Å². The van der Waals surface area contributed by atoms with Crippen molar-refractivity contribution < 1.29 is 9.47 Å². The topological polar surface area (TPSA) is 85.6 Å². The number of nitrogens with zero attached hydrogens (tertiary/aromatic N) is 4. The molecule has 0 aliphatic rings. The van der Waals surface area contributed by atoms with E-state index in [9.17, 15) is 0 Å². The first-order valence-corrected chi connectivity index (χ1v) is 9.57. The molecule has 1 heterocycles. The highest BCUT2D eigenvalue weighted by molar-refractivity contribution is 5.79. The number of hydrogen-bond acceptors (Lipinski definition) is 5. The van der Waals surface area contributed by atoms with Crippen molar-refractivity contribution in [3.8, 4) is 0 Å². The molecule has 8 nitrogen and oxygen atoms in total. The van der Waals surface area contributed by atoms with Crippen LogP contribution < -0.4 is 10.6 Å². The zero-order chi connectivity index (χ0) is 20.2. The highest BCUT2D eigenvalue weighted by Gasteiger charge is 2.07. The average Bonchev–Trinajstić information content (AvgIpc) is 3.02. The summed E-state index contributed by atoms with van der Waals surface area (Å²) in [6, 6.07) is 10.2. The van der Waals surface area contributed by atoms with Crippen LogP contribution in [-0.4, -0.2) is 54.1 Å². The molecule has 2 N–H and O–H groups in total. The predicted molar refractivity (Wildman–Crippen MR) is 110 cm³/mol. The van der Waals surface area contributed by atoms with E-state index in [1.54, 1.807) is 7.11 Å². The van der Waals surface area contributed by atoms with Crippen molar-refractivity contribution in [1.29, 1.82) is 0 Å². The minimum absolute atomic E-state index is 0.343. The van der Waals surface area contributed by atoms with Crippen molar-refractivity contribution >= 4 is 5.96 Å². The Labute approximate surface area is 167 Å². The number of nitrogens with one attached hydrogen (secondary N) is 2. The Bertz CT molecular complexity index is 717. The van der Waals surface area contributed by atoms with Crippen molar-refractivity contribution in [2.24, 2.45) is 18.0 Å². The molecule has 28 heavy (non-hydrogen) atoms. The second-order valence-electron chi connectivity index (χ2n) is 6.79. The van der Waals surface area contributed by atoms with Crippen LogP contribution in [-0.2, 0) is 29.7 Å². The van der Waals surface area contributed by atoms with Gasteiger partial charge in [0.25, 0.3) is 0 Å². The number of rotatable bonds is 11. The van der Waals surface area contributed by atoms with Gasteiger partial charge in [-0.1, -0.05) is 37.3 Å². The number of ether oxygens (including phenoxy) is 2. The molecule has 0 aliphatic carbocycles. The van der Waals surface area contributed by atoms with E-state index in [-0.39, 0.29) is 0 Å². The lowest BCUT2D eigenvalue weighted by Crippen LogP contribution is -2.41. The quantitative estimate of drug-likeness (QED) is 0.346. The maximum atomic E-state index is 5.82. The molecule has 0 aliphatic heterocycles. The number of methoxy groups -OCH3 is 1. The van der Waals surface area contributed by atoms with Gasteiger partial charge in [0.1, 0.15) is 12.4 Å². The second-order valence-corrected chi connectivity index (χ2v) is 6.79. The van der Waals surface area contributed by atoms with E-state index in [2.05, 4.69) is 44.9 Å². The van der Waals surface area contributed by atoms with Crippen LogP contribution >= 0.6 is 0 Å². The summed E-state index contributed by atoms with van der Waals surface area (Å²) in [5.41, 5.74) is 1.19. The Morgan fingerprint density at radius 2 is 2.00 bits per heavy atom. The molecule has 0 spiro atoms. The molecule has 2 rings (SSSR count). The van der Waals surface area contributed by atoms with Crippen molar-refractivity contribution in [1.82, 2.24) is 25.4 Å². The van der Waals surface area contributed by atoms with Gasteiger partial charge in [0, 0.05) is 27.2 Å². The lowest BCUT2D eigenvalue weighted by atomic mass is 10.2. The largest absolute Gasteiger partial charge is 0.383 e. The summed E-state index contributed by atoms with van der Waals surface area (Å²) in [7, 11) is 3.62. The van der Waals surface area contributed by atoms with Gasteiger partial charge in [0.2, 0.25) is 0 Å². The highest BCUT2D eigenvalue weighted by atomic mass is 16.5. The van der Waals surface area contributed by atoms with E-state index >= 15 is 0 Å². The Morgan fingerprint density at radius 3 is 2.68 bits per heavy atom. The van der Waals surface area contributed by atoms with Gasteiger partial charge < -0.3 is 24.7 Å². The number of aryl methyl sites for hydroxylation is 1. The number of aromatic nitrogens is 3. The lowest BCUT2D eigenvalue weighted by Gasteiger charge is -2.16. The fourth-order valence-corrected chi connectivity index (χ4v) is 2.47. The molecular formula is C20H32N6O2. The summed E-state index contributed by atoms with van der Waals surface area (Å²) >= 11 is 0. The minimum Gasteiger partial charge on any atom is -0.383 e. The molecule has 0 amide bonds. The van der Waals surface area contributed by atoms with Crippen molar-refractivity contribution in [2.75, 3.05) is 33.4 Å². The molecule has 1 unspecified atom stereocenters. The Morgan fingerprint density at radius 1 is 1.21 bits per heavy atom. The Balaban J connectivity index is 1.79. The van der Waals surface area contributed by atoms with Crippen molar-refractivity contribution in [3.63, 3.8) is 0 Å². The van der Waals surface area contributed by atoms with Gasteiger partial charge in [-0.2, -0.15) is 0 Å². The molecule has 0 saturated heterocycles. The SMILES string of the molecule is COCCNC(=NCc1nnc(C)n1C)NCC(C)COCc1ccccc1. The summed E-state index contributed by atoms with van der Waals surface area (Å²) in [4.78, 5) is 4.61. The van der Waals surface area contributed by atoms with Crippen LogP contribution in [0.1, 0.15) is 24.1 Å². The molecule has 0 saturated carbocycles. The number of hydrogen-bond donors (Lipinski definition) is 2. The molecular weight excluding hydrogens is 356 g/mol. The third-order valence-electron chi connectivity index (χ3n) is 4.29. The average molecular weight is 389 g/mol. The van der Waals surface area contributed by atoms with Gasteiger partial charge in [-0.25, -0.2) is 4.99 Å². The smallest absolute Gasteiger partial charge is 0.191 e. The van der Waals surface area contributed by atoms with Crippen LogP contribution in [0, 0.1) is 12.8 Å². The van der Waals surface area contributed by atoms with Crippen LogP contribution in [0.4, 0.5) is 0 Å². The van der Waals surface area contributed by atoms with Gasteiger partial charge in [-0.05, 0) is 18.4 Å². The zero-order valence-corrected chi connectivity index (χ0v) is 17.3. The van der Waals surface area contributed by atoms with Gasteiger partial charge in [-0.15, -0.1) is 10.2 Å². The lowest BCUT2D eigenvalue weighted by molar-refractivity contribution is 0.0931. The molecule has 0 bridgehead atoms. The Kier molecular flexibility index (Phi) is 9.44. The number of guanidine groups is 1. The van der Waals surface area contributed by atoms with Crippen LogP contribution in [0.15, 0.2) is 35.3 Å². The zero-order valence-electron chi connectivity index (χ0n) is 17.3. The van der Waals surface area contributed by atoms with Gasteiger partial charge in [0.15, 0.2) is 11.8 Å².